The van der Waals surface area contributed by atoms with Crippen LogP contribution in [0.3, 0.4) is 0 Å². The zero-order chi connectivity index (χ0) is 16.7. The minimum absolute atomic E-state index is 0.0146. The number of rotatable bonds is 4. The molecule has 0 saturated heterocycles. The number of anilines is 1. The van der Waals surface area contributed by atoms with E-state index in [2.05, 4.69) is 21.4 Å². The summed E-state index contributed by atoms with van der Waals surface area (Å²) in [4.78, 5) is 8.82. The molecule has 2 aromatic carbocycles. The molecule has 4 nitrogen and oxygen atoms in total. The highest BCUT2D eigenvalue weighted by Gasteiger charge is 2.11. The minimum Gasteiger partial charge on any atom is -0.394 e. The fraction of sp³-hybridized carbons (Fsp3) is 0.263. The Bertz CT molecular complexity index is 744. The first-order valence-electron chi connectivity index (χ1n) is 7.92. The van der Waals surface area contributed by atoms with Crippen molar-refractivity contribution in [1.82, 2.24) is 9.97 Å². The minimum atomic E-state index is -0.214. The molecule has 2 N–H and O–H groups in total. The largest absolute Gasteiger partial charge is 0.394 e. The van der Waals surface area contributed by atoms with Crippen LogP contribution in [0.4, 0.5) is 5.95 Å². The van der Waals surface area contributed by atoms with E-state index in [0.29, 0.717) is 5.95 Å². The van der Waals surface area contributed by atoms with Gasteiger partial charge < -0.3 is 10.4 Å². The molecular weight excluding hydrogens is 286 g/mol. The second-order valence-corrected chi connectivity index (χ2v) is 5.05. The van der Waals surface area contributed by atoms with Crippen LogP contribution in [-0.2, 0) is 0 Å². The topological polar surface area (TPSA) is 58.0 Å². The summed E-state index contributed by atoms with van der Waals surface area (Å²) in [6.07, 6.45) is 1.80. The van der Waals surface area contributed by atoms with E-state index in [0.717, 1.165) is 16.5 Å². The van der Waals surface area contributed by atoms with E-state index in [-0.39, 0.29) is 12.6 Å². The Morgan fingerprint density at radius 1 is 1.09 bits per heavy atom. The SMILES string of the molecule is CC.Cc1ccc2nc(N[C@@H](CO)c3ccccc3)ncc2c1. The first-order chi connectivity index (χ1) is 11.3. The second-order valence-electron chi connectivity index (χ2n) is 5.05. The standard InChI is InChI=1S/C17H17N3O.C2H6/c1-12-7-8-15-14(9-12)10-18-17(19-15)20-16(11-21)13-5-3-2-4-6-13;1-2/h2-10,16,21H,11H2,1H3,(H,18,19,20);1-2H3/t16-;/m0./s1. The summed E-state index contributed by atoms with van der Waals surface area (Å²) in [5.74, 6) is 0.522. The number of hydrogen-bond donors (Lipinski definition) is 2. The van der Waals surface area contributed by atoms with Crippen LogP contribution in [0.1, 0.15) is 31.0 Å². The van der Waals surface area contributed by atoms with Crippen molar-refractivity contribution in [3.8, 4) is 0 Å². The number of aliphatic hydroxyl groups excluding tert-OH is 1. The van der Waals surface area contributed by atoms with Crippen LogP contribution in [0.2, 0.25) is 0 Å². The number of nitrogens with one attached hydrogen (secondary N) is 1. The molecule has 120 valence electrons. The lowest BCUT2D eigenvalue weighted by Gasteiger charge is -2.16. The Hall–Kier alpha value is -2.46. The summed E-state index contributed by atoms with van der Waals surface area (Å²) in [7, 11) is 0. The van der Waals surface area contributed by atoms with Gasteiger partial charge in [0, 0.05) is 11.6 Å². The number of benzene rings is 2. The van der Waals surface area contributed by atoms with Gasteiger partial charge in [0.1, 0.15) is 0 Å². The molecule has 4 heteroatoms. The molecule has 0 amide bonds. The number of fused-ring (bicyclic) bond motifs is 1. The molecule has 0 aliphatic heterocycles. The predicted molar refractivity (Wildman–Crippen MR) is 95.5 cm³/mol. The second kappa shape index (κ2) is 8.25. The Balaban J connectivity index is 0.000000924. The van der Waals surface area contributed by atoms with Gasteiger partial charge in [-0.3, -0.25) is 0 Å². The lowest BCUT2D eigenvalue weighted by Crippen LogP contribution is -2.16. The highest BCUT2D eigenvalue weighted by atomic mass is 16.3. The van der Waals surface area contributed by atoms with Crippen molar-refractivity contribution >= 4 is 16.9 Å². The number of hydrogen-bond acceptors (Lipinski definition) is 4. The van der Waals surface area contributed by atoms with Crippen molar-refractivity contribution in [2.75, 3.05) is 11.9 Å². The van der Waals surface area contributed by atoms with Crippen LogP contribution in [0.5, 0.6) is 0 Å². The summed E-state index contributed by atoms with van der Waals surface area (Å²) in [6, 6.07) is 15.6. The predicted octanol–water partition coefficient (Wildman–Crippen LogP) is 4.11. The van der Waals surface area contributed by atoms with E-state index in [1.54, 1.807) is 6.20 Å². The number of aromatic nitrogens is 2. The van der Waals surface area contributed by atoms with Crippen molar-refractivity contribution in [3.05, 3.63) is 65.9 Å². The lowest BCUT2D eigenvalue weighted by molar-refractivity contribution is 0.276. The Morgan fingerprint density at radius 3 is 2.52 bits per heavy atom. The summed E-state index contributed by atoms with van der Waals surface area (Å²) in [5, 5.41) is 13.8. The van der Waals surface area contributed by atoms with Gasteiger partial charge >= 0.3 is 0 Å². The normalized spacial score (nSPS) is 11.5. The Kier molecular flexibility index (Phi) is 6.06. The van der Waals surface area contributed by atoms with Crippen molar-refractivity contribution in [1.29, 1.82) is 0 Å². The summed E-state index contributed by atoms with van der Waals surface area (Å²) >= 11 is 0. The third-order valence-electron chi connectivity index (χ3n) is 3.42. The van der Waals surface area contributed by atoms with Crippen LogP contribution < -0.4 is 5.32 Å². The maximum atomic E-state index is 9.57. The van der Waals surface area contributed by atoms with Crippen molar-refractivity contribution in [3.63, 3.8) is 0 Å². The van der Waals surface area contributed by atoms with Crippen LogP contribution in [0.25, 0.3) is 10.9 Å². The molecule has 0 aliphatic carbocycles. The van der Waals surface area contributed by atoms with Crippen molar-refractivity contribution in [2.45, 2.75) is 26.8 Å². The molecule has 0 radical (unpaired) electrons. The number of aliphatic hydroxyl groups is 1. The molecule has 0 saturated carbocycles. The molecule has 1 heterocycles. The van der Waals surface area contributed by atoms with Crippen LogP contribution in [0, 0.1) is 6.92 Å². The maximum absolute atomic E-state index is 9.57. The van der Waals surface area contributed by atoms with Gasteiger partial charge in [-0.15, -0.1) is 0 Å². The molecule has 0 aliphatic rings. The van der Waals surface area contributed by atoms with E-state index in [1.807, 2.05) is 63.2 Å². The van der Waals surface area contributed by atoms with Gasteiger partial charge in [0.05, 0.1) is 18.2 Å². The van der Waals surface area contributed by atoms with E-state index in [9.17, 15) is 5.11 Å². The average Bonchev–Trinajstić information content (AvgIpc) is 2.62. The van der Waals surface area contributed by atoms with Gasteiger partial charge in [-0.25, -0.2) is 9.97 Å². The molecule has 1 atom stereocenters. The summed E-state index contributed by atoms with van der Waals surface area (Å²) in [5.41, 5.74) is 3.08. The van der Waals surface area contributed by atoms with E-state index < -0.39 is 0 Å². The van der Waals surface area contributed by atoms with Crippen LogP contribution >= 0.6 is 0 Å². The Labute approximate surface area is 137 Å². The number of nitrogens with zero attached hydrogens (tertiary/aromatic N) is 2. The fourth-order valence-corrected chi connectivity index (χ4v) is 2.30. The molecule has 3 rings (SSSR count). The third-order valence-corrected chi connectivity index (χ3v) is 3.42. The van der Waals surface area contributed by atoms with Gasteiger partial charge in [-0.05, 0) is 24.6 Å². The highest BCUT2D eigenvalue weighted by molar-refractivity contribution is 5.79. The summed E-state index contributed by atoms with van der Waals surface area (Å²) in [6.45, 7) is 6.03. The smallest absolute Gasteiger partial charge is 0.223 e. The van der Waals surface area contributed by atoms with Gasteiger partial charge in [-0.1, -0.05) is 55.8 Å². The van der Waals surface area contributed by atoms with Crippen LogP contribution in [0.15, 0.2) is 54.7 Å². The molecule has 0 spiro atoms. The molecule has 0 unspecified atom stereocenters. The molecule has 0 fully saturated rings. The zero-order valence-corrected chi connectivity index (χ0v) is 13.8. The molecule has 1 aromatic heterocycles. The van der Waals surface area contributed by atoms with E-state index in [1.165, 1.54) is 5.56 Å². The quantitative estimate of drug-likeness (QED) is 0.761. The van der Waals surface area contributed by atoms with Gasteiger partial charge in [-0.2, -0.15) is 0 Å². The first kappa shape index (κ1) is 16.9. The van der Waals surface area contributed by atoms with Gasteiger partial charge in [0.15, 0.2) is 0 Å². The van der Waals surface area contributed by atoms with Crippen LogP contribution in [-0.4, -0.2) is 21.7 Å². The van der Waals surface area contributed by atoms with Crippen molar-refractivity contribution in [2.24, 2.45) is 0 Å². The zero-order valence-electron chi connectivity index (χ0n) is 13.8. The molecule has 0 bridgehead atoms. The molecular formula is C19H23N3O. The Morgan fingerprint density at radius 2 is 1.83 bits per heavy atom. The fourth-order valence-electron chi connectivity index (χ4n) is 2.30. The third kappa shape index (κ3) is 4.27. The monoisotopic (exact) mass is 309 g/mol. The first-order valence-corrected chi connectivity index (χ1v) is 7.92. The lowest BCUT2D eigenvalue weighted by atomic mass is 10.1. The average molecular weight is 309 g/mol. The molecule has 3 aromatic rings. The van der Waals surface area contributed by atoms with Gasteiger partial charge in [0.25, 0.3) is 0 Å². The molecule has 23 heavy (non-hydrogen) atoms. The van der Waals surface area contributed by atoms with E-state index in [4.69, 9.17) is 0 Å². The van der Waals surface area contributed by atoms with Gasteiger partial charge in [0.2, 0.25) is 5.95 Å². The highest BCUT2D eigenvalue weighted by Crippen LogP contribution is 2.19. The number of aryl methyl sites for hydroxylation is 1. The maximum Gasteiger partial charge on any atom is 0.223 e. The summed E-state index contributed by atoms with van der Waals surface area (Å²) < 4.78 is 0. The van der Waals surface area contributed by atoms with Crippen molar-refractivity contribution < 1.29 is 5.11 Å². The van der Waals surface area contributed by atoms with E-state index >= 15 is 0 Å².